The molecule has 8 nitrogen and oxygen atoms in total. The highest BCUT2D eigenvalue weighted by atomic mass is 32.2. The van der Waals surface area contributed by atoms with Crippen LogP contribution in [0.2, 0.25) is 0 Å². The molecule has 0 aliphatic rings. The van der Waals surface area contributed by atoms with Crippen molar-refractivity contribution in [2.45, 2.75) is 36.4 Å². The molecule has 154 valence electrons. The monoisotopic (exact) mass is 423 g/mol. The van der Waals surface area contributed by atoms with E-state index in [9.17, 15) is 9.59 Å². The standard InChI is InChI=1S/C21H21N5O3S/c1-13(2)22-18(27)12-25-21(28)26-17-10-5-4-9-16(17)23-20(19(26)24-25)30-15-8-6-7-14(11-15)29-3/h4-11,13H,12H2,1-3H3,(H,22,27). The van der Waals surface area contributed by atoms with Crippen LogP contribution in [-0.2, 0) is 11.3 Å². The lowest BCUT2D eigenvalue weighted by molar-refractivity contribution is -0.122. The van der Waals surface area contributed by atoms with Crippen LogP contribution in [0.5, 0.6) is 5.75 Å². The minimum atomic E-state index is -0.380. The van der Waals surface area contributed by atoms with Crippen LogP contribution >= 0.6 is 11.8 Å². The molecule has 0 atom stereocenters. The summed E-state index contributed by atoms with van der Waals surface area (Å²) in [6.45, 7) is 3.57. The fourth-order valence-corrected chi connectivity index (χ4v) is 4.03. The minimum absolute atomic E-state index is 0.0214. The molecule has 0 fully saturated rings. The van der Waals surface area contributed by atoms with Gasteiger partial charge in [0, 0.05) is 10.9 Å². The minimum Gasteiger partial charge on any atom is -0.497 e. The zero-order valence-electron chi connectivity index (χ0n) is 16.8. The molecule has 1 amide bonds. The summed E-state index contributed by atoms with van der Waals surface area (Å²) in [5.41, 5.74) is 1.34. The maximum absolute atomic E-state index is 13.1. The van der Waals surface area contributed by atoms with Gasteiger partial charge in [-0.25, -0.2) is 18.9 Å². The number of carbonyl (C=O) groups is 1. The van der Waals surface area contributed by atoms with Crippen molar-refractivity contribution in [2.24, 2.45) is 0 Å². The van der Waals surface area contributed by atoms with Gasteiger partial charge in [-0.2, -0.15) is 0 Å². The highest BCUT2D eigenvalue weighted by Gasteiger charge is 2.18. The molecule has 0 aliphatic carbocycles. The van der Waals surface area contributed by atoms with Gasteiger partial charge in [0.1, 0.15) is 17.3 Å². The molecule has 2 heterocycles. The topological polar surface area (TPSA) is 90.5 Å². The van der Waals surface area contributed by atoms with Crippen LogP contribution in [0.1, 0.15) is 13.8 Å². The molecule has 0 spiro atoms. The van der Waals surface area contributed by atoms with Gasteiger partial charge in [-0.15, -0.1) is 5.10 Å². The van der Waals surface area contributed by atoms with Crippen LogP contribution in [0.3, 0.4) is 0 Å². The zero-order valence-corrected chi connectivity index (χ0v) is 17.6. The van der Waals surface area contributed by atoms with E-state index in [1.807, 2.05) is 62.4 Å². The maximum Gasteiger partial charge on any atom is 0.351 e. The summed E-state index contributed by atoms with van der Waals surface area (Å²) in [5, 5.41) is 7.80. The molecule has 0 aliphatic heterocycles. The summed E-state index contributed by atoms with van der Waals surface area (Å²) < 4.78 is 7.98. The fraction of sp³-hybridized carbons (Fsp3) is 0.238. The largest absolute Gasteiger partial charge is 0.497 e. The quantitative estimate of drug-likeness (QED) is 0.513. The highest BCUT2D eigenvalue weighted by molar-refractivity contribution is 7.99. The number of amides is 1. The lowest BCUT2D eigenvalue weighted by Crippen LogP contribution is -2.36. The average Bonchev–Trinajstić information content (AvgIpc) is 3.04. The Morgan fingerprint density at radius 1 is 1.20 bits per heavy atom. The van der Waals surface area contributed by atoms with Crippen LogP contribution < -0.4 is 15.7 Å². The normalized spacial score (nSPS) is 11.3. The maximum atomic E-state index is 13.1. The Balaban J connectivity index is 1.85. The molecule has 1 N–H and O–H groups in total. The smallest absolute Gasteiger partial charge is 0.351 e. The van der Waals surface area contributed by atoms with Crippen molar-refractivity contribution in [3.63, 3.8) is 0 Å². The van der Waals surface area contributed by atoms with E-state index in [1.165, 1.54) is 20.8 Å². The van der Waals surface area contributed by atoms with Crippen LogP contribution in [0.4, 0.5) is 0 Å². The third-order valence-corrected chi connectivity index (χ3v) is 5.33. The molecule has 0 saturated carbocycles. The molecule has 0 radical (unpaired) electrons. The van der Waals surface area contributed by atoms with Gasteiger partial charge < -0.3 is 10.1 Å². The number of hydrogen-bond donors (Lipinski definition) is 1. The third kappa shape index (κ3) is 3.88. The second-order valence-electron chi connectivity index (χ2n) is 7.01. The van der Waals surface area contributed by atoms with E-state index < -0.39 is 0 Å². The number of ether oxygens (including phenoxy) is 1. The molecule has 30 heavy (non-hydrogen) atoms. The van der Waals surface area contributed by atoms with E-state index in [0.717, 1.165) is 10.6 Å². The second kappa shape index (κ2) is 8.19. The summed E-state index contributed by atoms with van der Waals surface area (Å²) in [5.74, 6) is 0.458. The predicted molar refractivity (Wildman–Crippen MR) is 115 cm³/mol. The highest BCUT2D eigenvalue weighted by Crippen LogP contribution is 2.32. The Bertz CT molecular complexity index is 1300. The fourth-order valence-electron chi connectivity index (χ4n) is 3.12. The van der Waals surface area contributed by atoms with E-state index in [2.05, 4.69) is 10.4 Å². The van der Waals surface area contributed by atoms with E-state index >= 15 is 0 Å². The van der Waals surface area contributed by atoms with Crippen molar-refractivity contribution < 1.29 is 9.53 Å². The first kappa shape index (κ1) is 20.0. The van der Waals surface area contributed by atoms with Gasteiger partial charge in [-0.3, -0.25) is 4.79 Å². The first-order chi connectivity index (χ1) is 14.5. The van der Waals surface area contributed by atoms with E-state index in [4.69, 9.17) is 9.72 Å². The lowest BCUT2D eigenvalue weighted by Gasteiger charge is -2.07. The summed E-state index contributed by atoms with van der Waals surface area (Å²) in [7, 11) is 1.61. The SMILES string of the molecule is COc1cccc(Sc2nc3ccccc3n3c(=O)n(CC(=O)NC(C)C)nc23)c1. The van der Waals surface area contributed by atoms with Crippen molar-refractivity contribution in [3.8, 4) is 5.75 Å². The molecule has 4 aromatic rings. The van der Waals surface area contributed by atoms with Crippen molar-refractivity contribution in [3.05, 3.63) is 59.0 Å². The van der Waals surface area contributed by atoms with Crippen LogP contribution in [0, 0.1) is 0 Å². The number of nitrogens with one attached hydrogen (secondary N) is 1. The summed E-state index contributed by atoms with van der Waals surface area (Å²) in [4.78, 5) is 30.9. The number of methoxy groups -OCH3 is 1. The summed E-state index contributed by atoms with van der Waals surface area (Å²) >= 11 is 1.39. The number of nitrogens with zero attached hydrogens (tertiary/aromatic N) is 4. The summed E-state index contributed by atoms with van der Waals surface area (Å²) in [6, 6.07) is 14.9. The number of benzene rings is 2. The van der Waals surface area contributed by atoms with Gasteiger partial charge in [0.05, 0.1) is 18.1 Å². The molecule has 0 bridgehead atoms. The molecule has 2 aromatic carbocycles. The molecular formula is C21H21N5O3S. The molecule has 9 heteroatoms. The van der Waals surface area contributed by atoms with Gasteiger partial charge in [0.25, 0.3) is 0 Å². The lowest BCUT2D eigenvalue weighted by atomic mass is 10.3. The van der Waals surface area contributed by atoms with Crippen LogP contribution in [0.25, 0.3) is 16.7 Å². The average molecular weight is 423 g/mol. The van der Waals surface area contributed by atoms with Crippen molar-refractivity contribution in [1.29, 1.82) is 0 Å². The number of hydrogen-bond acceptors (Lipinski definition) is 6. The van der Waals surface area contributed by atoms with Gasteiger partial charge in [0.2, 0.25) is 5.91 Å². The van der Waals surface area contributed by atoms with E-state index in [1.54, 1.807) is 7.11 Å². The van der Waals surface area contributed by atoms with Crippen molar-refractivity contribution in [2.75, 3.05) is 7.11 Å². The number of rotatable bonds is 6. The molecule has 2 aromatic heterocycles. The van der Waals surface area contributed by atoms with Crippen LogP contribution in [0.15, 0.2) is 63.2 Å². The number of para-hydroxylation sites is 2. The molecule has 0 unspecified atom stereocenters. The predicted octanol–water partition coefficient (Wildman–Crippen LogP) is 2.73. The first-order valence-electron chi connectivity index (χ1n) is 9.46. The summed E-state index contributed by atoms with van der Waals surface area (Å²) in [6.07, 6.45) is 0. The third-order valence-electron chi connectivity index (χ3n) is 4.37. The first-order valence-corrected chi connectivity index (χ1v) is 10.3. The molecular weight excluding hydrogens is 402 g/mol. The Labute approximate surface area is 176 Å². The number of fused-ring (bicyclic) bond motifs is 3. The van der Waals surface area contributed by atoms with E-state index in [0.29, 0.717) is 21.7 Å². The van der Waals surface area contributed by atoms with Gasteiger partial charge in [-0.1, -0.05) is 30.0 Å². The number of carbonyl (C=O) groups excluding carboxylic acids is 1. The van der Waals surface area contributed by atoms with E-state index in [-0.39, 0.29) is 24.2 Å². The van der Waals surface area contributed by atoms with Crippen LogP contribution in [-0.4, -0.2) is 38.2 Å². The molecule has 0 saturated heterocycles. The van der Waals surface area contributed by atoms with Crippen molar-refractivity contribution >= 4 is 34.3 Å². The second-order valence-corrected chi connectivity index (χ2v) is 8.07. The van der Waals surface area contributed by atoms with Gasteiger partial charge in [-0.05, 0) is 44.2 Å². The number of aromatic nitrogens is 4. The van der Waals surface area contributed by atoms with Crippen molar-refractivity contribution in [1.82, 2.24) is 24.5 Å². The Kier molecular flexibility index (Phi) is 5.45. The Morgan fingerprint density at radius 2 is 2.00 bits per heavy atom. The Hall–Kier alpha value is -3.33. The Morgan fingerprint density at radius 3 is 2.77 bits per heavy atom. The van der Waals surface area contributed by atoms with Gasteiger partial charge >= 0.3 is 5.69 Å². The molecule has 4 rings (SSSR count). The zero-order chi connectivity index (χ0) is 21.3. The van der Waals surface area contributed by atoms with Gasteiger partial charge in [0.15, 0.2) is 5.65 Å².